The fourth-order valence-corrected chi connectivity index (χ4v) is 2.60. The number of carbonyl (C=O) groups excluding carboxylic acids is 1. The number of nitrogens with zero attached hydrogens (tertiary/aromatic N) is 2. The highest BCUT2D eigenvalue weighted by Gasteiger charge is 2.29. The van der Waals surface area contributed by atoms with E-state index in [1.807, 2.05) is 50.2 Å². The molecule has 1 unspecified atom stereocenters. The first-order valence-electron chi connectivity index (χ1n) is 7.79. The molecule has 0 radical (unpaired) electrons. The maximum atomic E-state index is 12.4. The maximum Gasteiger partial charge on any atom is 0.259 e. The van der Waals surface area contributed by atoms with Gasteiger partial charge in [-0.3, -0.25) is 4.79 Å². The quantitative estimate of drug-likeness (QED) is 0.799. The van der Waals surface area contributed by atoms with Crippen LogP contribution in [0, 0.1) is 6.92 Å². The molecular weight excluding hydrogens is 304 g/mol. The summed E-state index contributed by atoms with van der Waals surface area (Å²) in [5.41, 5.74) is 1.86. The largest absolute Gasteiger partial charge is 0.365 e. The summed E-state index contributed by atoms with van der Waals surface area (Å²) in [6.45, 7) is 3.82. The molecular formula is C18H20N4O2. The van der Waals surface area contributed by atoms with Crippen LogP contribution in [-0.2, 0) is 4.79 Å². The molecule has 0 spiro atoms. The Kier molecular flexibility index (Phi) is 4.48. The molecule has 6 heteroatoms. The smallest absolute Gasteiger partial charge is 0.259 e. The first kappa shape index (κ1) is 16.0. The first-order valence-corrected chi connectivity index (χ1v) is 7.79. The molecule has 2 aromatic rings. The molecule has 3 N–H and O–H groups in total. The van der Waals surface area contributed by atoms with E-state index in [-0.39, 0.29) is 11.9 Å². The minimum Gasteiger partial charge on any atom is -0.365 e. The molecule has 1 amide bonds. The summed E-state index contributed by atoms with van der Waals surface area (Å²) in [7, 11) is 0. The lowest BCUT2D eigenvalue weighted by atomic mass is 10.1. The Morgan fingerprint density at radius 2 is 1.96 bits per heavy atom. The fraction of sp³-hybridized carbons (Fsp3) is 0.222. The SMILES string of the molecule is Cc1cccc(N2C(=O)C=C(N[C@@H](C)c3ccccc3)NC2O)n1. The number of amides is 1. The number of hydrogen-bond acceptors (Lipinski definition) is 5. The summed E-state index contributed by atoms with van der Waals surface area (Å²) in [4.78, 5) is 17.9. The van der Waals surface area contributed by atoms with E-state index in [1.54, 1.807) is 12.1 Å². The van der Waals surface area contributed by atoms with Crippen molar-refractivity contribution < 1.29 is 9.90 Å². The van der Waals surface area contributed by atoms with Gasteiger partial charge < -0.3 is 15.7 Å². The van der Waals surface area contributed by atoms with Crippen molar-refractivity contribution in [2.45, 2.75) is 26.2 Å². The Morgan fingerprint density at radius 3 is 2.62 bits per heavy atom. The second kappa shape index (κ2) is 6.72. The number of nitrogens with one attached hydrogen (secondary N) is 2. The molecule has 6 nitrogen and oxygen atoms in total. The summed E-state index contributed by atoms with van der Waals surface area (Å²) in [6.07, 6.45) is 0.248. The van der Waals surface area contributed by atoms with Crippen LogP contribution >= 0.6 is 0 Å². The lowest BCUT2D eigenvalue weighted by molar-refractivity contribution is -0.117. The van der Waals surface area contributed by atoms with Gasteiger partial charge in [0, 0.05) is 17.8 Å². The van der Waals surface area contributed by atoms with Gasteiger partial charge in [0.1, 0.15) is 11.6 Å². The van der Waals surface area contributed by atoms with Crippen LogP contribution < -0.4 is 15.5 Å². The molecule has 0 saturated heterocycles. The number of hydrogen-bond donors (Lipinski definition) is 3. The van der Waals surface area contributed by atoms with Crippen LogP contribution in [0.25, 0.3) is 0 Å². The highest BCUT2D eigenvalue weighted by atomic mass is 16.3. The zero-order valence-electron chi connectivity index (χ0n) is 13.6. The van der Waals surface area contributed by atoms with Gasteiger partial charge in [-0.1, -0.05) is 36.4 Å². The predicted molar refractivity (Wildman–Crippen MR) is 91.7 cm³/mol. The van der Waals surface area contributed by atoms with E-state index >= 15 is 0 Å². The molecule has 0 fully saturated rings. The Morgan fingerprint density at radius 1 is 1.21 bits per heavy atom. The minimum absolute atomic E-state index is 0.00593. The van der Waals surface area contributed by atoms with Crippen LogP contribution in [0.3, 0.4) is 0 Å². The van der Waals surface area contributed by atoms with Crippen molar-refractivity contribution in [3.63, 3.8) is 0 Å². The summed E-state index contributed by atoms with van der Waals surface area (Å²) in [6, 6.07) is 15.2. The van der Waals surface area contributed by atoms with Gasteiger partial charge in [0.25, 0.3) is 5.91 Å². The van der Waals surface area contributed by atoms with Crippen molar-refractivity contribution in [2.24, 2.45) is 0 Å². The molecule has 24 heavy (non-hydrogen) atoms. The van der Waals surface area contributed by atoms with Gasteiger partial charge in [0.2, 0.25) is 6.35 Å². The molecule has 1 aromatic heterocycles. The van der Waals surface area contributed by atoms with Crippen LogP contribution in [0.15, 0.2) is 60.4 Å². The number of rotatable bonds is 4. The standard InChI is InChI=1S/C18H20N4O2/c1-12-7-6-10-16(19-12)22-17(23)11-15(21-18(22)24)20-13(2)14-8-4-3-5-9-14/h3-11,13,18,20-21,24H,1-2H3/t13-,18?/m0/s1. The highest BCUT2D eigenvalue weighted by molar-refractivity contribution is 6.02. The van der Waals surface area contributed by atoms with E-state index in [0.29, 0.717) is 11.6 Å². The minimum atomic E-state index is -1.18. The van der Waals surface area contributed by atoms with Crippen molar-refractivity contribution >= 4 is 11.7 Å². The number of pyridine rings is 1. The van der Waals surface area contributed by atoms with Crippen molar-refractivity contribution in [2.75, 3.05) is 4.90 Å². The number of carbonyl (C=O) groups is 1. The van der Waals surface area contributed by atoms with Crippen molar-refractivity contribution in [3.05, 3.63) is 71.7 Å². The average Bonchev–Trinajstić information content (AvgIpc) is 2.55. The van der Waals surface area contributed by atoms with Gasteiger partial charge >= 0.3 is 0 Å². The van der Waals surface area contributed by atoms with Crippen molar-refractivity contribution in [3.8, 4) is 0 Å². The topological polar surface area (TPSA) is 77.5 Å². The molecule has 0 bridgehead atoms. The van der Waals surface area contributed by atoms with Crippen LogP contribution in [0.2, 0.25) is 0 Å². The molecule has 1 aliphatic heterocycles. The van der Waals surface area contributed by atoms with Gasteiger partial charge in [-0.2, -0.15) is 0 Å². The Bertz CT molecular complexity index is 761. The van der Waals surface area contributed by atoms with E-state index in [0.717, 1.165) is 11.3 Å². The summed E-state index contributed by atoms with van der Waals surface area (Å²) in [5, 5.41) is 16.4. The lowest BCUT2D eigenvalue weighted by Gasteiger charge is -2.33. The second-order valence-electron chi connectivity index (χ2n) is 5.70. The Balaban J connectivity index is 1.77. The van der Waals surface area contributed by atoms with Crippen LogP contribution in [-0.4, -0.2) is 22.3 Å². The zero-order chi connectivity index (χ0) is 17.1. The number of aryl methyl sites for hydroxylation is 1. The van der Waals surface area contributed by atoms with Crippen LogP contribution in [0.5, 0.6) is 0 Å². The first-order chi connectivity index (χ1) is 11.5. The summed E-state index contributed by atoms with van der Waals surface area (Å²) >= 11 is 0. The fourth-order valence-electron chi connectivity index (χ4n) is 2.60. The van der Waals surface area contributed by atoms with Crippen LogP contribution in [0.4, 0.5) is 5.82 Å². The Hall–Kier alpha value is -2.86. The maximum absolute atomic E-state index is 12.4. The van der Waals surface area contributed by atoms with Gasteiger partial charge in [-0.15, -0.1) is 0 Å². The molecule has 1 aromatic carbocycles. The second-order valence-corrected chi connectivity index (χ2v) is 5.70. The van der Waals surface area contributed by atoms with Gasteiger partial charge in [-0.05, 0) is 31.5 Å². The van der Waals surface area contributed by atoms with Gasteiger partial charge in [-0.25, -0.2) is 9.88 Å². The number of anilines is 1. The predicted octanol–water partition coefficient (Wildman–Crippen LogP) is 1.79. The molecule has 0 aliphatic carbocycles. The van der Waals surface area contributed by atoms with E-state index in [2.05, 4.69) is 15.6 Å². The third kappa shape index (κ3) is 3.38. The molecule has 0 saturated carbocycles. The van der Waals surface area contributed by atoms with E-state index in [9.17, 15) is 9.90 Å². The lowest BCUT2D eigenvalue weighted by Crippen LogP contribution is -2.54. The number of benzene rings is 1. The summed E-state index contributed by atoms with van der Waals surface area (Å²) in [5.74, 6) is 0.557. The number of aliphatic hydroxyl groups excluding tert-OH is 1. The average molecular weight is 324 g/mol. The molecule has 124 valence electrons. The Labute approximate surface area is 140 Å². The van der Waals surface area contributed by atoms with E-state index in [4.69, 9.17) is 0 Å². The molecule has 1 aliphatic rings. The van der Waals surface area contributed by atoms with Crippen molar-refractivity contribution in [1.29, 1.82) is 0 Å². The van der Waals surface area contributed by atoms with Gasteiger partial charge in [0.05, 0.1) is 0 Å². The third-order valence-corrected chi connectivity index (χ3v) is 3.83. The summed E-state index contributed by atoms with van der Waals surface area (Å²) < 4.78 is 0. The number of aromatic nitrogens is 1. The molecule has 2 atom stereocenters. The van der Waals surface area contributed by atoms with Crippen LogP contribution in [0.1, 0.15) is 24.2 Å². The van der Waals surface area contributed by atoms with Crippen molar-refractivity contribution in [1.82, 2.24) is 15.6 Å². The van der Waals surface area contributed by atoms with E-state index < -0.39 is 6.35 Å². The van der Waals surface area contributed by atoms with E-state index in [1.165, 1.54) is 11.0 Å². The zero-order valence-corrected chi connectivity index (χ0v) is 13.6. The highest BCUT2D eigenvalue weighted by Crippen LogP contribution is 2.19. The monoisotopic (exact) mass is 324 g/mol. The normalized spacial score (nSPS) is 18.6. The van der Waals surface area contributed by atoms with Gasteiger partial charge in [0.15, 0.2) is 0 Å². The molecule has 3 rings (SSSR count). The third-order valence-electron chi connectivity index (χ3n) is 3.83. The number of aliphatic hydroxyl groups is 1. The molecule has 2 heterocycles.